The first-order valence-corrected chi connectivity index (χ1v) is 6.43. The number of nitrogens with zero attached hydrogens (tertiary/aromatic N) is 1. The van der Waals surface area contributed by atoms with Gasteiger partial charge in [-0.3, -0.25) is 4.79 Å². The Bertz CT molecular complexity index is 527. The number of rotatable bonds is 3. The highest BCUT2D eigenvalue weighted by Gasteiger charge is 2.60. The summed E-state index contributed by atoms with van der Waals surface area (Å²) in [6.07, 6.45) is 1.04. The van der Waals surface area contributed by atoms with E-state index < -0.39 is 0 Å². The second kappa shape index (κ2) is 4.13. The van der Waals surface area contributed by atoms with E-state index in [1.165, 1.54) is 7.11 Å². The normalized spacial score (nSPS) is 28.1. The summed E-state index contributed by atoms with van der Waals surface area (Å²) in [6, 6.07) is 5.08. The van der Waals surface area contributed by atoms with E-state index in [0.29, 0.717) is 29.5 Å². The van der Waals surface area contributed by atoms with Crippen molar-refractivity contribution in [2.45, 2.75) is 6.42 Å². The molecule has 1 heterocycles. The van der Waals surface area contributed by atoms with Gasteiger partial charge in [-0.1, -0.05) is 0 Å². The summed E-state index contributed by atoms with van der Waals surface area (Å²) in [6.45, 7) is 1.57. The summed E-state index contributed by atoms with van der Waals surface area (Å²) in [4.78, 5) is 14.2. The van der Waals surface area contributed by atoms with Gasteiger partial charge in [0.1, 0.15) is 5.75 Å². The maximum atomic E-state index is 12.4. The predicted octanol–water partition coefficient (Wildman–Crippen LogP) is 0.732. The smallest absolute Gasteiger partial charge is 0.254 e. The Hall–Kier alpha value is -1.75. The van der Waals surface area contributed by atoms with Gasteiger partial charge in [0, 0.05) is 24.1 Å². The Kier molecular flexibility index (Phi) is 2.67. The van der Waals surface area contributed by atoms with Crippen LogP contribution in [0.1, 0.15) is 16.8 Å². The first kappa shape index (κ1) is 12.3. The van der Waals surface area contributed by atoms with Gasteiger partial charge in [-0.25, -0.2) is 0 Å². The number of ether oxygens (including phenoxy) is 1. The van der Waals surface area contributed by atoms with Crippen LogP contribution < -0.4 is 10.5 Å². The molecule has 1 aliphatic carbocycles. The average molecular weight is 262 g/mol. The lowest BCUT2D eigenvalue weighted by Gasteiger charge is -2.20. The molecule has 1 aliphatic heterocycles. The highest BCUT2D eigenvalue weighted by Crippen LogP contribution is 2.57. The van der Waals surface area contributed by atoms with E-state index in [2.05, 4.69) is 0 Å². The summed E-state index contributed by atoms with van der Waals surface area (Å²) in [5, 5.41) is 9.38. The summed E-state index contributed by atoms with van der Waals surface area (Å²) >= 11 is 0. The summed E-state index contributed by atoms with van der Waals surface area (Å²) in [7, 11) is 1.53. The third kappa shape index (κ3) is 1.85. The zero-order chi connectivity index (χ0) is 13.6. The minimum absolute atomic E-state index is 0.0154. The number of nitrogens with two attached hydrogens (primary N) is 1. The Morgan fingerprint density at radius 3 is 3.05 bits per heavy atom. The molecule has 0 bridgehead atoms. The standard InChI is InChI=1S/C14H18N2O3/c1-19-12-4-9(2-3-11(12)15)13(18)16-6-10-5-14(10,7-16)8-17/h2-4,10,17H,5-8,15H2,1H3. The highest BCUT2D eigenvalue weighted by molar-refractivity contribution is 5.95. The minimum Gasteiger partial charge on any atom is -0.495 e. The summed E-state index contributed by atoms with van der Waals surface area (Å²) < 4.78 is 5.13. The number of fused-ring (bicyclic) bond motifs is 1. The van der Waals surface area contributed by atoms with Gasteiger partial charge in [-0.15, -0.1) is 0 Å². The third-order valence-electron chi connectivity index (χ3n) is 4.39. The van der Waals surface area contributed by atoms with Gasteiger partial charge >= 0.3 is 0 Å². The fraction of sp³-hybridized carbons (Fsp3) is 0.500. The van der Waals surface area contributed by atoms with E-state index in [0.717, 1.165) is 13.0 Å². The maximum absolute atomic E-state index is 12.4. The number of methoxy groups -OCH3 is 1. The Balaban J connectivity index is 1.78. The second-order valence-corrected chi connectivity index (χ2v) is 5.56. The highest BCUT2D eigenvalue weighted by atomic mass is 16.5. The quantitative estimate of drug-likeness (QED) is 0.787. The fourth-order valence-electron chi connectivity index (χ4n) is 3.02. The van der Waals surface area contributed by atoms with Gasteiger partial charge in [-0.05, 0) is 30.5 Å². The Labute approximate surface area is 112 Å². The number of aliphatic hydroxyl groups is 1. The van der Waals surface area contributed by atoms with Crippen molar-refractivity contribution in [2.24, 2.45) is 11.3 Å². The van der Waals surface area contributed by atoms with Crippen LogP contribution in [-0.4, -0.2) is 42.7 Å². The molecule has 0 aromatic heterocycles. The topological polar surface area (TPSA) is 75.8 Å². The van der Waals surface area contributed by atoms with Crippen LogP contribution in [0.4, 0.5) is 5.69 Å². The molecule has 5 nitrogen and oxygen atoms in total. The van der Waals surface area contributed by atoms with Crippen molar-refractivity contribution in [1.82, 2.24) is 4.90 Å². The van der Waals surface area contributed by atoms with Crippen LogP contribution in [0, 0.1) is 11.3 Å². The number of amides is 1. The molecule has 2 fully saturated rings. The Morgan fingerprint density at radius 2 is 2.42 bits per heavy atom. The van der Waals surface area contributed by atoms with Crippen LogP contribution in [0.2, 0.25) is 0 Å². The molecular weight excluding hydrogens is 244 g/mol. The van der Waals surface area contributed by atoms with E-state index in [9.17, 15) is 9.90 Å². The second-order valence-electron chi connectivity index (χ2n) is 5.56. The van der Waals surface area contributed by atoms with Gasteiger partial charge in [0.2, 0.25) is 0 Å². The van der Waals surface area contributed by atoms with E-state index in [1.807, 2.05) is 4.90 Å². The number of hydrogen-bond donors (Lipinski definition) is 2. The molecule has 19 heavy (non-hydrogen) atoms. The molecule has 1 amide bonds. The van der Waals surface area contributed by atoms with Crippen molar-refractivity contribution in [2.75, 3.05) is 32.5 Å². The van der Waals surface area contributed by atoms with Gasteiger partial charge in [-0.2, -0.15) is 0 Å². The van der Waals surface area contributed by atoms with Crippen molar-refractivity contribution in [1.29, 1.82) is 0 Å². The molecule has 2 unspecified atom stereocenters. The SMILES string of the molecule is COc1cc(C(=O)N2CC3CC3(CO)C2)ccc1N. The number of benzene rings is 1. The minimum atomic E-state index is -0.0203. The van der Waals surface area contributed by atoms with E-state index in [1.54, 1.807) is 18.2 Å². The lowest BCUT2D eigenvalue weighted by atomic mass is 10.1. The largest absolute Gasteiger partial charge is 0.495 e. The number of piperidine rings is 1. The number of nitrogen functional groups attached to an aromatic ring is 1. The number of likely N-dealkylation sites (tertiary alicyclic amines) is 1. The molecule has 2 atom stereocenters. The molecule has 5 heteroatoms. The first-order valence-electron chi connectivity index (χ1n) is 6.43. The molecule has 1 aromatic carbocycles. The van der Waals surface area contributed by atoms with Crippen LogP contribution in [0.15, 0.2) is 18.2 Å². The molecule has 102 valence electrons. The van der Waals surface area contributed by atoms with Crippen molar-refractivity contribution in [3.05, 3.63) is 23.8 Å². The zero-order valence-electron chi connectivity index (χ0n) is 10.9. The fourth-order valence-corrected chi connectivity index (χ4v) is 3.02. The number of hydrogen-bond acceptors (Lipinski definition) is 4. The molecule has 1 saturated carbocycles. The summed E-state index contributed by atoms with van der Waals surface area (Å²) in [5.74, 6) is 0.975. The van der Waals surface area contributed by atoms with E-state index in [4.69, 9.17) is 10.5 Å². The van der Waals surface area contributed by atoms with Gasteiger partial charge < -0.3 is 20.5 Å². The van der Waals surface area contributed by atoms with Crippen LogP contribution in [0.5, 0.6) is 5.75 Å². The third-order valence-corrected chi connectivity index (χ3v) is 4.39. The average Bonchev–Trinajstić information content (AvgIpc) is 3.00. The monoisotopic (exact) mass is 262 g/mol. The van der Waals surface area contributed by atoms with Crippen molar-refractivity contribution in [3.8, 4) is 5.75 Å². The van der Waals surface area contributed by atoms with Gasteiger partial charge in [0.15, 0.2) is 0 Å². The molecule has 2 aliphatic rings. The zero-order valence-corrected chi connectivity index (χ0v) is 10.9. The molecule has 3 N–H and O–H groups in total. The molecule has 0 spiro atoms. The number of aliphatic hydroxyl groups excluding tert-OH is 1. The number of carbonyl (C=O) groups is 1. The van der Waals surface area contributed by atoms with E-state index in [-0.39, 0.29) is 17.9 Å². The van der Waals surface area contributed by atoms with Crippen molar-refractivity contribution >= 4 is 11.6 Å². The Morgan fingerprint density at radius 1 is 1.63 bits per heavy atom. The molecular formula is C14H18N2O3. The molecule has 1 aromatic rings. The van der Waals surface area contributed by atoms with Crippen LogP contribution in [-0.2, 0) is 0 Å². The van der Waals surface area contributed by atoms with Gasteiger partial charge in [0.25, 0.3) is 5.91 Å². The van der Waals surface area contributed by atoms with E-state index >= 15 is 0 Å². The first-order chi connectivity index (χ1) is 9.09. The van der Waals surface area contributed by atoms with Crippen LogP contribution >= 0.6 is 0 Å². The lowest BCUT2D eigenvalue weighted by molar-refractivity contribution is 0.0751. The van der Waals surface area contributed by atoms with Crippen LogP contribution in [0.25, 0.3) is 0 Å². The van der Waals surface area contributed by atoms with Gasteiger partial charge in [0.05, 0.1) is 19.4 Å². The number of carbonyl (C=O) groups excluding carboxylic acids is 1. The molecule has 3 rings (SSSR count). The van der Waals surface area contributed by atoms with Crippen molar-refractivity contribution in [3.63, 3.8) is 0 Å². The molecule has 0 radical (unpaired) electrons. The summed E-state index contributed by atoms with van der Waals surface area (Å²) in [5.41, 5.74) is 6.83. The number of anilines is 1. The van der Waals surface area contributed by atoms with Crippen LogP contribution in [0.3, 0.4) is 0 Å². The predicted molar refractivity (Wildman–Crippen MR) is 70.9 cm³/mol. The molecule has 1 saturated heterocycles. The van der Waals surface area contributed by atoms with Crippen molar-refractivity contribution < 1.29 is 14.6 Å². The maximum Gasteiger partial charge on any atom is 0.254 e. The lowest BCUT2D eigenvalue weighted by Crippen LogP contribution is -2.32.